The van der Waals surface area contributed by atoms with Crippen molar-refractivity contribution in [2.75, 3.05) is 6.54 Å². The third kappa shape index (κ3) is 1.50. The van der Waals surface area contributed by atoms with Gasteiger partial charge < -0.3 is 15.4 Å². The van der Waals surface area contributed by atoms with Crippen LogP contribution in [-0.2, 0) is 0 Å². The zero-order valence-corrected chi connectivity index (χ0v) is 9.00. The lowest BCUT2D eigenvalue weighted by molar-refractivity contribution is 0.187. The summed E-state index contributed by atoms with van der Waals surface area (Å²) in [5.41, 5.74) is 8.37. The van der Waals surface area contributed by atoms with Gasteiger partial charge in [0.15, 0.2) is 0 Å². The lowest BCUT2D eigenvalue weighted by Crippen LogP contribution is -2.11. The highest BCUT2D eigenvalue weighted by molar-refractivity contribution is 5.76. The van der Waals surface area contributed by atoms with Gasteiger partial charge in [-0.3, -0.25) is 0 Å². The summed E-state index contributed by atoms with van der Waals surface area (Å²) >= 11 is 0. The highest BCUT2D eigenvalue weighted by Crippen LogP contribution is 2.37. The number of nitrogens with zero attached hydrogens (tertiary/aromatic N) is 2. The van der Waals surface area contributed by atoms with E-state index in [1.807, 2.05) is 24.5 Å². The second kappa shape index (κ2) is 3.57. The van der Waals surface area contributed by atoms with Crippen LogP contribution in [0.5, 0.6) is 0 Å². The van der Waals surface area contributed by atoms with Crippen molar-refractivity contribution in [3.8, 4) is 0 Å². The molecule has 0 amide bonds. The predicted octanol–water partition coefficient (Wildman–Crippen LogP) is 1.36. The van der Waals surface area contributed by atoms with Crippen molar-refractivity contribution < 1.29 is 5.11 Å². The van der Waals surface area contributed by atoms with Crippen molar-refractivity contribution in [3.63, 3.8) is 0 Å². The second-order valence-corrected chi connectivity index (χ2v) is 4.38. The number of fused-ring (bicyclic) bond motifs is 1. The van der Waals surface area contributed by atoms with Gasteiger partial charge in [0.25, 0.3) is 0 Å². The molecule has 0 bridgehead atoms. The number of aliphatic hydroxyl groups excluding tert-OH is 1. The zero-order chi connectivity index (χ0) is 11.1. The molecule has 3 N–H and O–H groups in total. The molecule has 1 fully saturated rings. The Bertz CT molecular complexity index is 516. The van der Waals surface area contributed by atoms with Crippen molar-refractivity contribution in [1.29, 1.82) is 0 Å². The third-order valence-electron chi connectivity index (χ3n) is 3.15. The number of aliphatic hydroxyl groups is 1. The molecule has 0 spiro atoms. The summed E-state index contributed by atoms with van der Waals surface area (Å²) in [5, 5.41) is 9.66. The summed E-state index contributed by atoms with van der Waals surface area (Å²) in [6.07, 6.45) is 3.80. The highest BCUT2D eigenvalue weighted by Gasteiger charge is 2.24. The van der Waals surface area contributed by atoms with E-state index < -0.39 is 6.10 Å². The molecule has 0 saturated heterocycles. The van der Waals surface area contributed by atoms with E-state index in [0.29, 0.717) is 6.04 Å². The Balaban J connectivity index is 2.05. The Morgan fingerprint density at radius 1 is 1.50 bits per heavy atom. The average molecular weight is 217 g/mol. The molecule has 1 heterocycles. The summed E-state index contributed by atoms with van der Waals surface area (Å²) in [4.78, 5) is 4.37. The van der Waals surface area contributed by atoms with Gasteiger partial charge in [0.1, 0.15) is 0 Å². The van der Waals surface area contributed by atoms with Gasteiger partial charge in [0, 0.05) is 12.6 Å². The van der Waals surface area contributed by atoms with Crippen LogP contribution in [0.3, 0.4) is 0 Å². The van der Waals surface area contributed by atoms with Crippen LogP contribution in [0, 0.1) is 0 Å². The topological polar surface area (TPSA) is 64.1 Å². The summed E-state index contributed by atoms with van der Waals surface area (Å²) in [6, 6.07) is 6.51. The maximum atomic E-state index is 9.66. The second-order valence-electron chi connectivity index (χ2n) is 4.38. The van der Waals surface area contributed by atoms with E-state index in [4.69, 9.17) is 5.73 Å². The summed E-state index contributed by atoms with van der Waals surface area (Å²) < 4.78 is 2.22. The predicted molar refractivity (Wildman–Crippen MR) is 62.0 cm³/mol. The smallest absolute Gasteiger partial charge is 0.0960 e. The van der Waals surface area contributed by atoms with Crippen molar-refractivity contribution in [3.05, 3.63) is 30.1 Å². The molecular weight excluding hydrogens is 202 g/mol. The molecule has 84 valence electrons. The van der Waals surface area contributed by atoms with Crippen molar-refractivity contribution in [2.45, 2.75) is 25.0 Å². The minimum absolute atomic E-state index is 0.245. The molecule has 1 saturated carbocycles. The van der Waals surface area contributed by atoms with Crippen molar-refractivity contribution >= 4 is 11.0 Å². The fourth-order valence-corrected chi connectivity index (χ4v) is 2.04. The van der Waals surface area contributed by atoms with Crippen LogP contribution < -0.4 is 5.73 Å². The molecule has 4 nitrogen and oxygen atoms in total. The highest BCUT2D eigenvalue weighted by atomic mass is 16.3. The first-order chi connectivity index (χ1) is 7.79. The lowest BCUT2D eigenvalue weighted by atomic mass is 10.1. The molecule has 4 heteroatoms. The Hall–Kier alpha value is -1.39. The Kier molecular flexibility index (Phi) is 2.19. The Morgan fingerprint density at radius 3 is 3.00 bits per heavy atom. The quantitative estimate of drug-likeness (QED) is 0.816. The fourth-order valence-electron chi connectivity index (χ4n) is 2.04. The molecule has 1 aliphatic rings. The van der Waals surface area contributed by atoms with E-state index in [2.05, 4.69) is 9.55 Å². The van der Waals surface area contributed by atoms with Gasteiger partial charge in [-0.2, -0.15) is 0 Å². The van der Waals surface area contributed by atoms with Crippen LogP contribution in [0.4, 0.5) is 0 Å². The van der Waals surface area contributed by atoms with E-state index in [1.165, 1.54) is 12.8 Å². The maximum Gasteiger partial charge on any atom is 0.0960 e. The summed E-state index contributed by atoms with van der Waals surface area (Å²) in [7, 11) is 0. The van der Waals surface area contributed by atoms with Gasteiger partial charge >= 0.3 is 0 Å². The number of nitrogens with two attached hydrogens (primary N) is 1. The number of aromatic nitrogens is 2. The zero-order valence-electron chi connectivity index (χ0n) is 9.00. The standard InChI is InChI=1S/C12H15N3O/c13-6-12(16)8-1-4-11-10(5-8)14-7-15(11)9-2-3-9/h1,4-5,7,9,12,16H,2-3,6,13H2. The lowest BCUT2D eigenvalue weighted by Gasteiger charge is -2.08. The Labute approximate surface area is 93.7 Å². The van der Waals surface area contributed by atoms with E-state index in [-0.39, 0.29) is 6.54 Å². The van der Waals surface area contributed by atoms with Crippen LogP contribution in [0.1, 0.15) is 30.6 Å². The van der Waals surface area contributed by atoms with Crippen LogP contribution in [0.15, 0.2) is 24.5 Å². The van der Waals surface area contributed by atoms with E-state index >= 15 is 0 Å². The first-order valence-electron chi connectivity index (χ1n) is 5.64. The van der Waals surface area contributed by atoms with Gasteiger partial charge in [0.05, 0.1) is 23.5 Å². The van der Waals surface area contributed by atoms with Crippen LogP contribution in [-0.4, -0.2) is 21.2 Å². The molecule has 16 heavy (non-hydrogen) atoms. The Morgan fingerprint density at radius 2 is 2.31 bits per heavy atom. The molecule has 1 unspecified atom stereocenters. The fraction of sp³-hybridized carbons (Fsp3) is 0.417. The van der Waals surface area contributed by atoms with Gasteiger partial charge in [-0.1, -0.05) is 6.07 Å². The molecule has 3 rings (SSSR count). The molecule has 0 radical (unpaired) electrons. The number of hydrogen-bond donors (Lipinski definition) is 2. The van der Waals surface area contributed by atoms with Crippen molar-refractivity contribution in [2.24, 2.45) is 5.73 Å². The molecule has 1 atom stereocenters. The van der Waals surface area contributed by atoms with Crippen LogP contribution >= 0.6 is 0 Å². The molecule has 1 aromatic heterocycles. The molecule has 0 aliphatic heterocycles. The average Bonchev–Trinajstić information content (AvgIpc) is 3.08. The number of rotatable bonds is 3. The van der Waals surface area contributed by atoms with Crippen LogP contribution in [0.25, 0.3) is 11.0 Å². The van der Waals surface area contributed by atoms with Crippen molar-refractivity contribution in [1.82, 2.24) is 9.55 Å². The minimum Gasteiger partial charge on any atom is -0.387 e. The number of imidazole rings is 1. The number of benzene rings is 1. The monoisotopic (exact) mass is 217 g/mol. The van der Waals surface area contributed by atoms with Gasteiger partial charge in [-0.05, 0) is 30.5 Å². The molecule has 2 aromatic rings. The van der Waals surface area contributed by atoms with E-state index in [0.717, 1.165) is 16.6 Å². The van der Waals surface area contributed by atoms with Gasteiger partial charge in [-0.15, -0.1) is 0 Å². The molecular formula is C12H15N3O. The number of hydrogen-bond acceptors (Lipinski definition) is 3. The summed E-state index contributed by atoms with van der Waals surface area (Å²) in [6.45, 7) is 0.245. The first-order valence-corrected chi connectivity index (χ1v) is 5.64. The normalized spacial score (nSPS) is 17.9. The largest absolute Gasteiger partial charge is 0.387 e. The molecule has 1 aromatic carbocycles. The maximum absolute atomic E-state index is 9.66. The molecule has 1 aliphatic carbocycles. The van der Waals surface area contributed by atoms with E-state index in [1.54, 1.807) is 0 Å². The third-order valence-corrected chi connectivity index (χ3v) is 3.15. The minimum atomic E-state index is -0.588. The van der Waals surface area contributed by atoms with Gasteiger partial charge in [0.2, 0.25) is 0 Å². The summed E-state index contributed by atoms with van der Waals surface area (Å²) in [5.74, 6) is 0. The van der Waals surface area contributed by atoms with E-state index in [9.17, 15) is 5.11 Å². The van der Waals surface area contributed by atoms with Gasteiger partial charge in [-0.25, -0.2) is 4.98 Å². The van der Waals surface area contributed by atoms with Crippen LogP contribution in [0.2, 0.25) is 0 Å². The first kappa shape index (κ1) is 9.81. The SMILES string of the molecule is NCC(O)c1ccc2c(c1)ncn2C1CC1.